The molecular weight excluding hydrogens is 226 g/mol. The van der Waals surface area contributed by atoms with Crippen LogP contribution in [0, 0.1) is 10.8 Å². The van der Waals surface area contributed by atoms with Gasteiger partial charge in [-0.15, -0.1) is 0 Å². The van der Waals surface area contributed by atoms with E-state index in [2.05, 4.69) is 42.4 Å². The van der Waals surface area contributed by atoms with E-state index in [-0.39, 0.29) is 21.9 Å². The molecule has 2 rings (SSSR count). The minimum Gasteiger partial charge on any atom is -0.335 e. The number of nitrogens with zero attached hydrogens (tertiary/aromatic N) is 1. The molecule has 0 saturated heterocycles. The smallest absolute Gasteiger partial charge is 0.257 e. The van der Waals surface area contributed by atoms with Crippen molar-refractivity contribution in [3.8, 4) is 0 Å². The van der Waals surface area contributed by atoms with Crippen LogP contribution in [0.3, 0.4) is 0 Å². The Labute approximate surface area is 95.7 Å². The number of sulfonamides is 1. The normalized spacial score (nSPS) is 23.2. The second-order valence-corrected chi connectivity index (χ2v) is 7.10. The molecule has 90 valence electrons. The Bertz CT molecular complexity index is 474. The molecule has 0 amide bonds. The highest BCUT2D eigenvalue weighted by Crippen LogP contribution is 2.62. The molecule has 0 radical (unpaired) electrons. The van der Waals surface area contributed by atoms with E-state index in [1.54, 1.807) is 0 Å². The number of aromatic amines is 1. The molecule has 1 aromatic heterocycles. The molecule has 0 spiro atoms. The second kappa shape index (κ2) is 3.07. The van der Waals surface area contributed by atoms with Crippen LogP contribution in [0.4, 0.5) is 0 Å². The van der Waals surface area contributed by atoms with Gasteiger partial charge in [0.15, 0.2) is 5.03 Å². The van der Waals surface area contributed by atoms with Crippen LogP contribution in [-0.4, -0.2) is 24.4 Å². The molecule has 1 saturated carbocycles. The van der Waals surface area contributed by atoms with E-state index in [0.717, 1.165) is 0 Å². The molecule has 0 aromatic carbocycles. The SMILES string of the molecule is CC1(C)C(NS(=O)(=O)c2cnc[nH]2)C1(C)C. The lowest BCUT2D eigenvalue weighted by Gasteiger charge is -2.05. The van der Waals surface area contributed by atoms with Gasteiger partial charge in [0.25, 0.3) is 10.0 Å². The molecule has 0 bridgehead atoms. The van der Waals surface area contributed by atoms with Gasteiger partial charge in [0, 0.05) is 6.04 Å². The summed E-state index contributed by atoms with van der Waals surface area (Å²) in [5.41, 5.74) is -0.0276. The predicted molar refractivity (Wildman–Crippen MR) is 60.3 cm³/mol. The number of aromatic nitrogens is 2. The molecular formula is C10H17N3O2S. The van der Waals surface area contributed by atoms with E-state index in [9.17, 15) is 8.42 Å². The number of nitrogens with one attached hydrogen (secondary N) is 2. The highest BCUT2D eigenvalue weighted by atomic mass is 32.2. The number of hydrogen-bond acceptors (Lipinski definition) is 3. The van der Waals surface area contributed by atoms with Crippen LogP contribution in [0.5, 0.6) is 0 Å². The zero-order chi connectivity index (χ0) is 12.2. The van der Waals surface area contributed by atoms with E-state index in [1.807, 2.05) is 0 Å². The largest absolute Gasteiger partial charge is 0.335 e. The Morgan fingerprint density at radius 2 is 1.88 bits per heavy atom. The summed E-state index contributed by atoms with van der Waals surface area (Å²) in [7, 11) is -3.46. The van der Waals surface area contributed by atoms with Crippen LogP contribution < -0.4 is 4.72 Å². The van der Waals surface area contributed by atoms with Crippen molar-refractivity contribution in [3.63, 3.8) is 0 Å². The average Bonchev–Trinajstić information content (AvgIpc) is 2.66. The van der Waals surface area contributed by atoms with Crippen LogP contribution in [-0.2, 0) is 10.0 Å². The predicted octanol–water partition coefficient (Wildman–Crippen LogP) is 1.12. The molecule has 6 heteroatoms. The zero-order valence-corrected chi connectivity index (χ0v) is 10.7. The molecule has 16 heavy (non-hydrogen) atoms. The monoisotopic (exact) mass is 243 g/mol. The number of H-pyrrole nitrogens is 1. The highest BCUT2D eigenvalue weighted by molar-refractivity contribution is 7.89. The maximum absolute atomic E-state index is 11.9. The maximum Gasteiger partial charge on any atom is 0.257 e. The number of hydrogen-bond donors (Lipinski definition) is 2. The van der Waals surface area contributed by atoms with Gasteiger partial charge in [-0.05, 0) is 10.8 Å². The van der Waals surface area contributed by atoms with Crippen molar-refractivity contribution in [3.05, 3.63) is 12.5 Å². The van der Waals surface area contributed by atoms with Crippen LogP contribution in [0.25, 0.3) is 0 Å². The van der Waals surface area contributed by atoms with Crippen LogP contribution in [0.2, 0.25) is 0 Å². The summed E-state index contributed by atoms with van der Waals surface area (Å²) in [6.45, 7) is 8.25. The molecule has 0 atom stereocenters. The van der Waals surface area contributed by atoms with Gasteiger partial charge < -0.3 is 4.98 Å². The van der Waals surface area contributed by atoms with Crippen molar-refractivity contribution in [1.29, 1.82) is 0 Å². The summed E-state index contributed by atoms with van der Waals surface area (Å²) in [5, 5.41) is 0.117. The molecule has 2 N–H and O–H groups in total. The Balaban J connectivity index is 2.20. The molecule has 1 aromatic rings. The number of imidazole rings is 1. The van der Waals surface area contributed by atoms with E-state index in [1.165, 1.54) is 12.5 Å². The summed E-state index contributed by atoms with van der Waals surface area (Å²) in [4.78, 5) is 6.32. The molecule has 1 heterocycles. The topological polar surface area (TPSA) is 74.8 Å². The first-order valence-electron chi connectivity index (χ1n) is 5.20. The summed E-state index contributed by atoms with van der Waals surface area (Å²) in [6.07, 6.45) is 2.67. The van der Waals surface area contributed by atoms with E-state index in [4.69, 9.17) is 0 Å². The van der Waals surface area contributed by atoms with Crippen LogP contribution in [0.15, 0.2) is 17.6 Å². The fourth-order valence-corrected chi connectivity index (χ4v) is 3.53. The fraction of sp³-hybridized carbons (Fsp3) is 0.700. The van der Waals surface area contributed by atoms with Gasteiger partial charge >= 0.3 is 0 Å². The lowest BCUT2D eigenvalue weighted by atomic mass is 10.0. The first-order chi connectivity index (χ1) is 7.19. The third-order valence-electron chi connectivity index (χ3n) is 4.06. The van der Waals surface area contributed by atoms with Crippen LogP contribution >= 0.6 is 0 Å². The molecule has 1 aliphatic rings. The third-order valence-corrected chi connectivity index (χ3v) is 5.40. The maximum atomic E-state index is 11.9. The summed E-state index contributed by atoms with van der Waals surface area (Å²) in [6, 6.07) is -0.0340. The molecule has 0 aliphatic heterocycles. The van der Waals surface area contributed by atoms with Crippen molar-refractivity contribution in [2.24, 2.45) is 10.8 Å². The fourth-order valence-electron chi connectivity index (χ4n) is 2.10. The highest BCUT2D eigenvalue weighted by Gasteiger charge is 2.66. The van der Waals surface area contributed by atoms with Crippen LogP contribution in [0.1, 0.15) is 27.7 Å². The van der Waals surface area contributed by atoms with Crippen molar-refractivity contribution < 1.29 is 8.42 Å². The summed E-state index contributed by atoms with van der Waals surface area (Å²) < 4.78 is 26.6. The third kappa shape index (κ3) is 1.48. The average molecular weight is 243 g/mol. The standard InChI is InChI=1S/C10H17N3O2S/c1-9(2)8(10(9,3)4)13-16(14,15)7-5-11-6-12-7/h5-6,8,13H,1-4H3,(H,11,12). The van der Waals surface area contributed by atoms with Crippen molar-refractivity contribution in [2.45, 2.75) is 38.8 Å². The summed E-state index contributed by atoms with van der Waals surface area (Å²) in [5.74, 6) is 0. The zero-order valence-electron chi connectivity index (χ0n) is 9.90. The first-order valence-corrected chi connectivity index (χ1v) is 6.68. The van der Waals surface area contributed by atoms with Gasteiger partial charge in [-0.3, -0.25) is 0 Å². The van der Waals surface area contributed by atoms with E-state index < -0.39 is 10.0 Å². The van der Waals surface area contributed by atoms with Gasteiger partial charge in [0.05, 0.1) is 12.5 Å². The van der Waals surface area contributed by atoms with Gasteiger partial charge in [-0.1, -0.05) is 27.7 Å². The first kappa shape index (κ1) is 11.6. The van der Waals surface area contributed by atoms with Crippen molar-refractivity contribution in [1.82, 2.24) is 14.7 Å². The van der Waals surface area contributed by atoms with Gasteiger partial charge in [-0.2, -0.15) is 0 Å². The lowest BCUT2D eigenvalue weighted by molar-refractivity contribution is 0.457. The molecule has 0 unspecified atom stereocenters. The molecule has 5 nitrogen and oxygen atoms in total. The van der Waals surface area contributed by atoms with E-state index >= 15 is 0 Å². The Morgan fingerprint density at radius 1 is 1.31 bits per heavy atom. The minimum atomic E-state index is -3.46. The Morgan fingerprint density at radius 3 is 2.25 bits per heavy atom. The van der Waals surface area contributed by atoms with Gasteiger partial charge in [-0.25, -0.2) is 18.1 Å². The molecule has 1 fully saturated rings. The lowest BCUT2D eigenvalue weighted by Crippen LogP contribution is -2.30. The van der Waals surface area contributed by atoms with Crippen molar-refractivity contribution >= 4 is 10.0 Å². The second-order valence-electron chi connectivity index (χ2n) is 5.41. The minimum absolute atomic E-state index is 0.0138. The Hall–Kier alpha value is -0.880. The van der Waals surface area contributed by atoms with Crippen molar-refractivity contribution in [2.75, 3.05) is 0 Å². The quantitative estimate of drug-likeness (QED) is 0.835. The summed E-state index contributed by atoms with van der Waals surface area (Å²) >= 11 is 0. The van der Waals surface area contributed by atoms with Gasteiger partial charge in [0.2, 0.25) is 0 Å². The number of rotatable bonds is 3. The van der Waals surface area contributed by atoms with E-state index in [0.29, 0.717) is 0 Å². The molecule has 1 aliphatic carbocycles. The Kier molecular flexibility index (Phi) is 2.23. The van der Waals surface area contributed by atoms with Gasteiger partial charge in [0.1, 0.15) is 0 Å².